The number of carbonyl (C=O) groups is 1. The van der Waals surface area contributed by atoms with E-state index in [4.69, 9.17) is 10.5 Å². The molecule has 12 heteroatoms. The fourth-order valence-corrected chi connectivity index (χ4v) is 3.67. The van der Waals surface area contributed by atoms with Crippen LogP contribution in [0.1, 0.15) is 16.7 Å². The molecule has 176 valence electrons. The Morgan fingerprint density at radius 1 is 1.03 bits per heavy atom. The van der Waals surface area contributed by atoms with Crippen LogP contribution in [0.4, 0.5) is 28.9 Å². The molecule has 3 aromatic rings. The van der Waals surface area contributed by atoms with Crippen molar-refractivity contribution < 1.29 is 35.5 Å². The van der Waals surface area contributed by atoms with E-state index in [9.17, 15) is 36.0 Å². The molecule has 1 amide bonds. The Balaban J connectivity index is 1.95. The van der Waals surface area contributed by atoms with Gasteiger partial charge in [-0.3, -0.25) is 4.79 Å². The van der Waals surface area contributed by atoms with E-state index in [1.54, 1.807) is 6.07 Å². The minimum absolute atomic E-state index is 0.0339. The zero-order chi connectivity index (χ0) is 25.0. The standard InChI is InChI=1S/C22H15F4N3O4S/c23-19-7-6-17(11-18(19)22(24,25)26)33-20-8-5-16(10-14(20)12-27)29(34(31)32)15-3-1-13(2-4-15)9-21(28)30/h1-8,10-11,34H,9H2,(H2,28,30). The molecule has 3 rings (SSSR count). The number of halogens is 4. The third kappa shape index (κ3) is 5.62. The number of thiol groups is 1. The highest BCUT2D eigenvalue weighted by atomic mass is 32.2. The molecule has 0 aliphatic rings. The molecule has 0 aliphatic heterocycles. The molecule has 0 bridgehead atoms. The Morgan fingerprint density at radius 3 is 2.24 bits per heavy atom. The van der Waals surface area contributed by atoms with E-state index in [2.05, 4.69) is 0 Å². The van der Waals surface area contributed by atoms with Gasteiger partial charge in [0.2, 0.25) is 16.8 Å². The van der Waals surface area contributed by atoms with Crippen molar-refractivity contribution in [2.24, 2.45) is 5.73 Å². The number of hydrogen-bond donors (Lipinski definition) is 2. The number of alkyl halides is 3. The third-order valence-corrected chi connectivity index (χ3v) is 5.31. The van der Waals surface area contributed by atoms with Gasteiger partial charge in [-0.25, -0.2) is 17.1 Å². The first-order valence-electron chi connectivity index (χ1n) is 9.40. The van der Waals surface area contributed by atoms with Crippen molar-refractivity contribution in [1.29, 1.82) is 5.26 Å². The molecule has 0 radical (unpaired) electrons. The van der Waals surface area contributed by atoms with Crippen molar-refractivity contribution in [2.45, 2.75) is 12.6 Å². The summed E-state index contributed by atoms with van der Waals surface area (Å²) in [5.74, 6) is -2.57. The minimum Gasteiger partial charge on any atom is -0.456 e. The van der Waals surface area contributed by atoms with Gasteiger partial charge in [0.05, 0.1) is 28.9 Å². The number of hydrogen-bond acceptors (Lipinski definition) is 5. The summed E-state index contributed by atoms with van der Waals surface area (Å²) in [7, 11) is -3.21. The summed E-state index contributed by atoms with van der Waals surface area (Å²) < 4.78 is 82.4. The predicted octanol–water partition coefficient (Wildman–Crippen LogP) is 4.20. The SMILES string of the molecule is N#Cc1cc(N(c2ccc(CC(N)=O)cc2)[SH](=O)=O)ccc1Oc1ccc(F)c(C(F)(F)F)c1. The van der Waals surface area contributed by atoms with Crippen molar-refractivity contribution in [3.05, 3.63) is 83.2 Å². The van der Waals surface area contributed by atoms with Crippen molar-refractivity contribution in [3.63, 3.8) is 0 Å². The topological polar surface area (TPSA) is 113 Å². The lowest BCUT2D eigenvalue weighted by Gasteiger charge is -2.19. The number of anilines is 2. The van der Waals surface area contributed by atoms with Crippen LogP contribution in [0, 0.1) is 17.1 Å². The number of nitrogens with two attached hydrogens (primary N) is 1. The van der Waals surface area contributed by atoms with Crippen LogP contribution in [0.2, 0.25) is 0 Å². The van der Waals surface area contributed by atoms with E-state index >= 15 is 0 Å². The molecule has 0 atom stereocenters. The molecule has 2 N–H and O–H groups in total. The van der Waals surface area contributed by atoms with Gasteiger partial charge in [0.25, 0.3) is 0 Å². The van der Waals surface area contributed by atoms with Gasteiger partial charge in [-0.05, 0) is 54.1 Å². The van der Waals surface area contributed by atoms with Gasteiger partial charge >= 0.3 is 6.18 Å². The van der Waals surface area contributed by atoms with E-state index in [1.807, 2.05) is 0 Å². The molecule has 0 saturated heterocycles. The highest BCUT2D eigenvalue weighted by molar-refractivity contribution is 7.74. The predicted molar refractivity (Wildman–Crippen MR) is 114 cm³/mol. The Bertz CT molecular complexity index is 1340. The minimum atomic E-state index is -4.95. The Hall–Kier alpha value is -4.11. The van der Waals surface area contributed by atoms with Gasteiger partial charge in [-0.1, -0.05) is 12.1 Å². The third-order valence-electron chi connectivity index (χ3n) is 4.52. The lowest BCUT2D eigenvalue weighted by atomic mass is 10.1. The summed E-state index contributed by atoms with van der Waals surface area (Å²) in [6.07, 6.45) is -4.98. The van der Waals surface area contributed by atoms with Crippen LogP contribution in [0.3, 0.4) is 0 Å². The normalized spacial score (nSPS) is 11.2. The average molecular weight is 493 g/mol. The highest BCUT2D eigenvalue weighted by Gasteiger charge is 2.34. The summed E-state index contributed by atoms with van der Waals surface area (Å²) in [4.78, 5) is 11.0. The molecular weight excluding hydrogens is 478 g/mol. The first kappa shape index (κ1) is 24.5. The molecule has 34 heavy (non-hydrogen) atoms. The van der Waals surface area contributed by atoms with Crippen LogP contribution >= 0.6 is 0 Å². The zero-order valence-electron chi connectivity index (χ0n) is 17.0. The van der Waals surface area contributed by atoms with Crippen LogP contribution in [0.15, 0.2) is 60.7 Å². The maximum atomic E-state index is 13.5. The van der Waals surface area contributed by atoms with E-state index in [0.29, 0.717) is 17.7 Å². The molecule has 0 aliphatic carbocycles. The Kier molecular flexibility index (Phi) is 7.07. The number of primary amides is 1. The van der Waals surface area contributed by atoms with Crippen molar-refractivity contribution in [2.75, 3.05) is 4.31 Å². The monoisotopic (exact) mass is 493 g/mol. The summed E-state index contributed by atoms with van der Waals surface area (Å²) in [6.45, 7) is 0. The fourth-order valence-electron chi connectivity index (χ4n) is 3.03. The summed E-state index contributed by atoms with van der Waals surface area (Å²) in [6, 6.07) is 13.4. The smallest absolute Gasteiger partial charge is 0.419 e. The van der Waals surface area contributed by atoms with Crippen LogP contribution in [0.5, 0.6) is 11.5 Å². The number of ether oxygens (including phenoxy) is 1. The zero-order valence-corrected chi connectivity index (χ0v) is 17.9. The summed E-state index contributed by atoms with van der Waals surface area (Å²) >= 11 is 0. The molecule has 7 nitrogen and oxygen atoms in total. The summed E-state index contributed by atoms with van der Waals surface area (Å²) in [5, 5.41) is 9.48. The Morgan fingerprint density at radius 2 is 1.68 bits per heavy atom. The lowest BCUT2D eigenvalue weighted by molar-refractivity contribution is -0.140. The molecule has 0 aromatic heterocycles. The molecule has 0 fully saturated rings. The van der Waals surface area contributed by atoms with Gasteiger partial charge < -0.3 is 10.5 Å². The molecule has 3 aromatic carbocycles. The quantitative estimate of drug-likeness (QED) is 0.378. The highest BCUT2D eigenvalue weighted by Crippen LogP contribution is 2.36. The molecule has 0 heterocycles. The van der Waals surface area contributed by atoms with Crippen molar-refractivity contribution >= 4 is 28.2 Å². The lowest BCUT2D eigenvalue weighted by Crippen LogP contribution is -2.16. The first-order chi connectivity index (χ1) is 16.0. The maximum Gasteiger partial charge on any atom is 0.419 e. The van der Waals surface area contributed by atoms with Gasteiger partial charge in [0, 0.05) is 0 Å². The van der Waals surface area contributed by atoms with Gasteiger partial charge in [-0.2, -0.15) is 18.4 Å². The number of nitrogens with zero attached hydrogens (tertiary/aromatic N) is 2. The Labute approximate surface area is 192 Å². The largest absolute Gasteiger partial charge is 0.456 e. The van der Waals surface area contributed by atoms with E-state index in [1.165, 1.54) is 42.5 Å². The second kappa shape index (κ2) is 9.80. The van der Waals surface area contributed by atoms with E-state index < -0.39 is 34.4 Å². The van der Waals surface area contributed by atoms with E-state index in [0.717, 1.165) is 10.4 Å². The van der Waals surface area contributed by atoms with Crippen LogP contribution in [-0.4, -0.2) is 14.3 Å². The number of nitriles is 1. The fraction of sp³-hybridized carbons (Fsp3) is 0.0909. The van der Waals surface area contributed by atoms with Crippen molar-refractivity contribution in [3.8, 4) is 17.6 Å². The van der Waals surface area contributed by atoms with Gasteiger partial charge in [0.15, 0.2) is 0 Å². The molecular formula is C22H15F4N3O4S. The number of benzene rings is 3. The van der Waals surface area contributed by atoms with Crippen LogP contribution in [-0.2, 0) is 28.3 Å². The number of carbonyl (C=O) groups excluding carboxylic acids is 1. The average Bonchev–Trinajstić information content (AvgIpc) is 2.76. The number of amides is 1. The van der Waals surface area contributed by atoms with E-state index in [-0.39, 0.29) is 34.9 Å². The van der Waals surface area contributed by atoms with Gasteiger partial charge in [-0.15, -0.1) is 0 Å². The maximum absolute atomic E-state index is 13.5. The molecule has 0 unspecified atom stereocenters. The van der Waals surface area contributed by atoms with Crippen LogP contribution in [0.25, 0.3) is 0 Å². The summed E-state index contributed by atoms with van der Waals surface area (Å²) in [5.41, 5.74) is 4.25. The first-order valence-corrected chi connectivity index (χ1v) is 10.5. The number of rotatable bonds is 7. The molecule has 0 saturated carbocycles. The van der Waals surface area contributed by atoms with Crippen molar-refractivity contribution in [1.82, 2.24) is 0 Å². The van der Waals surface area contributed by atoms with Gasteiger partial charge in [0.1, 0.15) is 23.4 Å². The molecule has 0 spiro atoms. The second-order valence-electron chi connectivity index (χ2n) is 6.89. The van der Waals surface area contributed by atoms with Crippen LogP contribution < -0.4 is 14.8 Å². The second-order valence-corrected chi connectivity index (χ2v) is 7.77.